The van der Waals surface area contributed by atoms with E-state index in [0.29, 0.717) is 6.54 Å². The van der Waals surface area contributed by atoms with Crippen molar-refractivity contribution in [1.29, 1.82) is 0 Å². The Hall–Kier alpha value is -1.76. The number of nitrogens with one attached hydrogen (secondary N) is 1. The fraction of sp³-hybridized carbons (Fsp3) is 0.556. The SMILES string of the molecule is CCCCn1c(N)c(NN)c(=O)n(C)c1=O. The number of hydrazine groups is 1. The van der Waals surface area contributed by atoms with E-state index in [1.807, 2.05) is 6.92 Å². The summed E-state index contributed by atoms with van der Waals surface area (Å²) < 4.78 is 2.33. The van der Waals surface area contributed by atoms with Crippen molar-refractivity contribution in [2.75, 3.05) is 11.2 Å². The van der Waals surface area contributed by atoms with Crippen molar-refractivity contribution in [2.24, 2.45) is 12.9 Å². The molecule has 0 saturated heterocycles. The number of nitrogen functional groups attached to an aromatic ring is 2. The van der Waals surface area contributed by atoms with E-state index in [9.17, 15) is 9.59 Å². The first-order chi connectivity index (χ1) is 7.54. The van der Waals surface area contributed by atoms with Crippen LogP contribution in [-0.4, -0.2) is 9.13 Å². The minimum Gasteiger partial charge on any atom is -0.383 e. The van der Waals surface area contributed by atoms with Crippen molar-refractivity contribution >= 4 is 11.5 Å². The molecule has 1 heterocycles. The monoisotopic (exact) mass is 227 g/mol. The van der Waals surface area contributed by atoms with Crippen LogP contribution in [0.4, 0.5) is 11.5 Å². The number of anilines is 2. The molecule has 0 amide bonds. The number of hydrogen-bond acceptors (Lipinski definition) is 5. The van der Waals surface area contributed by atoms with Gasteiger partial charge in [-0.1, -0.05) is 13.3 Å². The number of rotatable bonds is 4. The molecule has 0 aliphatic heterocycles. The minimum absolute atomic E-state index is 0.0539. The standard InChI is InChI=1S/C9H17N5O2/c1-3-4-5-14-7(10)6(12-11)8(15)13(2)9(14)16/h12H,3-5,10-11H2,1-2H3. The third kappa shape index (κ3) is 1.94. The van der Waals surface area contributed by atoms with Gasteiger partial charge in [-0.25, -0.2) is 4.79 Å². The summed E-state index contributed by atoms with van der Waals surface area (Å²) in [4.78, 5) is 23.4. The van der Waals surface area contributed by atoms with Gasteiger partial charge in [-0.05, 0) is 6.42 Å². The van der Waals surface area contributed by atoms with E-state index in [4.69, 9.17) is 11.6 Å². The average molecular weight is 227 g/mol. The second-order valence-corrected chi connectivity index (χ2v) is 3.56. The van der Waals surface area contributed by atoms with Gasteiger partial charge in [-0.15, -0.1) is 0 Å². The molecule has 0 aromatic carbocycles. The molecular weight excluding hydrogens is 210 g/mol. The Bertz CT molecular complexity index is 488. The van der Waals surface area contributed by atoms with Crippen molar-refractivity contribution in [3.8, 4) is 0 Å². The normalized spacial score (nSPS) is 10.4. The Morgan fingerprint density at radius 2 is 2.00 bits per heavy atom. The van der Waals surface area contributed by atoms with Gasteiger partial charge in [0, 0.05) is 13.6 Å². The van der Waals surface area contributed by atoms with Crippen LogP contribution in [-0.2, 0) is 13.6 Å². The molecule has 7 heteroatoms. The van der Waals surface area contributed by atoms with Gasteiger partial charge in [0.25, 0.3) is 5.56 Å². The molecule has 0 saturated carbocycles. The molecule has 0 bridgehead atoms. The first-order valence-electron chi connectivity index (χ1n) is 5.10. The highest BCUT2D eigenvalue weighted by Gasteiger charge is 2.13. The van der Waals surface area contributed by atoms with Crippen LogP contribution in [0.5, 0.6) is 0 Å². The highest BCUT2D eigenvalue weighted by molar-refractivity contribution is 5.59. The summed E-state index contributed by atoms with van der Waals surface area (Å²) >= 11 is 0. The average Bonchev–Trinajstić information content (AvgIpc) is 2.27. The van der Waals surface area contributed by atoms with Crippen molar-refractivity contribution < 1.29 is 0 Å². The lowest BCUT2D eigenvalue weighted by Gasteiger charge is -2.13. The molecule has 0 unspecified atom stereocenters. The number of nitrogens with zero attached hydrogens (tertiary/aromatic N) is 2. The van der Waals surface area contributed by atoms with E-state index in [1.165, 1.54) is 11.6 Å². The van der Waals surface area contributed by atoms with Crippen LogP contribution in [0.1, 0.15) is 19.8 Å². The Balaban J connectivity index is 3.43. The lowest BCUT2D eigenvalue weighted by molar-refractivity contribution is 0.575. The van der Waals surface area contributed by atoms with E-state index in [1.54, 1.807) is 0 Å². The van der Waals surface area contributed by atoms with Gasteiger partial charge < -0.3 is 11.2 Å². The lowest BCUT2D eigenvalue weighted by atomic mass is 10.3. The summed E-state index contributed by atoms with van der Waals surface area (Å²) in [5.74, 6) is 5.30. The maximum Gasteiger partial charge on any atom is 0.332 e. The molecule has 1 aromatic heterocycles. The summed E-state index contributed by atoms with van der Waals surface area (Å²) in [5, 5.41) is 0. The molecule has 5 N–H and O–H groups in total. The highest BCUT2D eigenvalue weighted by atomic mass is 16.2. The Labute approximate surface area is 92.6 Å². The Morgan fingerprint density at radius 1 is 1.38 bits per heavy atom. The summed E-state index contributed by atoms with van der Waals surface area (Å²) in [5.41, 5.74) is 7.06. The molecule has 0 atom stereocenters. The molecule has 1 rings (SSSR count). The lowest BCUT2D eigenvalue weighted by Crippen LogP contribution is -2.41. The van der Waals surface area contributed by atoms with Gasteiger partial charge in [0.1, 0.15) is 5.82 Å². The molecule has 16 heavy (non-hydrogen) atoms. The van der Waals surface area contributed by atoms with Crippen molar-refractivity contribution in [3.05, 3.63) is 20.8 Å². The first kappa shape index (κ1) is 12.3. The van der Waals surface area contributed by atoms with Gasteiger partial charge in [0.05, 0.1) is 0 Å². The molecule has 7 nitrogen and oxygen atoms in total. The van der Waals surface area contributed by atoms with E-state index in [2.05, 4.69) is 5.43 Å². The summed E-state index contributed by atoms with van der Waals surface area (Å²) in [6, 6.07) is 0. The predicted octanol–water partition coefficient (Wildman–Crippen LogP) is -0.785. The van der Waals surface area contributed by atoms with Crippen LogP contribution in [0.2, 0.25) is 0 Å². The molecule has 1 aromatic rings. The van der Waals surface area contributed by atoms with Gasteiger partial charge in [-0.2, -0.15) is 0 Å². The molecule has 90 valence electrons. The second-order valence-electron chi connectivity index (χ2n) is 3.56. The molecule has 0 radical (unpaired) electrons. The maximum absolute atomic E-state index is 11.8. The maximum atomic E-state index is 11.8. The van der Waals surface area contributed by atoms with E-state index in [-0.39, 0.29) is 11.5 Å². The first-order valence-corrected chi connectivity index (χ1v) is 5.10. The molecular formula is C9H17N5O2. The zero-order chi connectivity index (χ0) is 12.3. The molecule has 0 aliphatic carbocycles. The summed E-state index contributed by atoms with van der Waals surface area (Å²) in [6.45, 7) is 2.48. The van der Waals surface area contributed by atoms with Crippen LogP contribution in [0.3, 0.4) is 0 Å². The van der Waals surface area contributed by atoms with Gasteiger partial charge >= 0.3 is 5.69 Å². The van der Waals surface area contributed by atoms with E-state index in [0.717, 1.165) is 17.4 Å². The molecule has 0 spiro atoms. The van der Waals surface area contributed by atoms with Crippen LogP contribution < -0.4 is 28.3 Å². The van der Waals surface area contributed by atoms with Crippen LogP contribution in [0.15, 0.2) is 9.59 Å². The predicted molar refractivity (Wildman–Crippen MR) is 63.1 cm³/mol. The topological polar surface area (TPSA) is 108 Å². The van der Waals surface area contributed by atoms with Gasteiger partial charge in [0.15, 0.2) is 5.69 Å². The second kappa shape index (κ2) is 4.84. The Morgan fingerprint density at radius 3 is 2.50 bits per heavy atom. The van der Waals surface area contributed by atoms with E-state index >= 15 is 0 Å². The highest BCUT2D eigenvalue weighted by Crippen LogP contribution is 2.09. The number of nitrogens with two attached hydrogens (primary N) is 2. The minimum atomic E-state index is -0.516. The fourth-order valence-electron chi connectivity index (χ4n) is 1.45. The molecule has 0 fully saturated rings. The molecule has 0 aliphatic rings. The summed E-state index contributed by atoms with van der Waals surface area (Å²) in [7, 11) is 1.40. The third-order valence-corrected chi connectivity index (χ3v) is 2.46. The largest absolute Gasteiger partial charge is 0.383 e. The van der Waals surface area contributed by atoms with Crippen LogP contribution in [0, 0.1) is 0 Å². The summed E-state index contributed by atoms with van der Waals surface area (Å²) in [6.07, 6.45) is 1.74. The van der Waals surface area contributed by atoms with Crippen molar-refractivity contribution in [2.45, 2.75) is 26.3 Å². The van der Waals surface area contributed by atoms with Crippen molar-refractivity contribution in [3.63, 3.8) is 0 Å². The number of hydrogen-bond donors (Lipinski definition) is 3. The zero-order valence-electron chi connectivity index (χ0n) is 9.49. The van der Waals surface area contributed by atoms with Gasteiger partial charge in [-0.3, -0.25) is 19.8 Å². The Kier molecular flexibility index (Phi) is 3.73. The van der Waals surface area contributed by atoms with Gasteiger partial charge in [0.2, 0.25) is 0 Å². The fourth-order valence-corrected chi connectivity index (χ4v) is 1.45. The number of unbranched alkanes of at least 4 members (excludes halogenated alkanes) is 1. The zero-order valence-corrected chi connectivity index (χ0v) is 9.49. The smallest absolute Gasteiger partial charge is 0.332 e. The quantitative estimate of drug-likeness (QED) is 0.461. The van der Waals surface area contributed by atoms with Crippen molar-refractivity contribution in [1.82, 2.24) is 9.13 Å². The third-order valence-electron chi connectivity index (χ3n) is 2.46. The van der Waals surface area contributed by atoms with Crippen LogP contribution in [0.25, 0.3) is 0 Å². The van der Waals surface area contributed by atoms with E-state index < -0.39 is 11.2 Å². The number of aromatic nitrogens is 2. The van der Waals surface area contributed by atoms with Crippen LogP contribution >= 0.6 is 0 Å².